The number of hydrogen-bond donors (Lipinski definition) is 1. The minimum Gasteiger partial charge on any atom is -0.318 e. The topological polar surface area (TPSA) is 59.8 Å². The number of carbonyl (C=O) groups excluding carboxylic acids is 1. The number of aromatic nitrogens is 3. The molecule has 0 aliphatic heterocycles. The summed E-state index contributed by atoms with van der Waals surface area (Å²) in [5.41, 5.74) is 3.86. The molecule has 0 unspecified atom stereocenters. The highest BCUT2D eigenvalue weighted by molar-refractivity contribution is 6.42. The molecule has 0 aliphatic carbocycles. The summed E-state index contributed by atoms with van der Waals surface area (Å²) >= 11 is 18.5. The summed E-state index contributed by atoms with van der Waals surface area (Å²) in [6.07, 6.45) is 0. The molecule has 4 aromatic rings. The molecule has 0 bridgehead atoms. The Kier molecular flexibility index (Phi) is 6.01. The second kappa shape index (κ2) is 8.71. The van der Waals surface area contributed by atoms with Gasteiger partial charge in [0.25, 0.3) is 5.91 Å². The number of halogens is 3. The van der Waals surface area contributed by atoms with Gasteiger partial charge >= 0.3 is 0 Å². The Balaban J connectivity index is 1.81. The van der Waals surface area contributed by atoms with Crippen molar-refractivity contribution < 1.29 is 4.79 Å². The first kappa shape index (κ1) is 21.4. The van der Waals surface area contributed by atoms with Gasteiger partial charge in [-0.15, -0.1) is 5.10 Å². The van der Waals surface area contributed by atoms with Crippen molar-refractivity contribution in [2.24, 2.45) is 0 Å². The Morgan fingerprint density at radius 1 is 0.903 bits per heavy atom. The quantitative estimate of drug-likeness (QED) is 0.357. The molecule has 0 saturated heterocycles. The van der Waals surface area contributed by atoms with Crippen molar-refractivity contribution in [3.8, 4) is 17.1 Å². The Morgan fingerprint density at radius 2 is 1.68 bits per heavy atom. The van der Waals surface area contributed by atoms with E-state index in [2.05, 4.69) is 15.4 Å². The summed E-state index contributed by atoms with van der Waals surface area (Å²) < 4.78 is 1.57. The first-order chi connectivity index (χ1) is 14.8. The maximum Gasteiger partial charge on any atom is 0.295 e. The van der Waals surface area contributed by atoms with Crippen LogP contribution in [0.5, 0.6) is 0 Å². The minimum atomic E-state index is -0.469. The van der Waals surface area contributed by atoms with Crippen LogP contribution in [0.3, 0.4) is 0 Å². The molecular weight excluding hydrogens is 455 g/mol. The first-order valence-corrected chi connectivity index (χ1v) is 10.5. The Labute approximate surface area is 194 Å². The third kappa shape index (κ3) is 4.44. The van der Waals surface area contributed by atoms with Crippen LogP contribution in [0.25, 0.3) is 17.1 Å². The number of para-hydroxylation sites is 1. The predicted octanol–water partition coefficient (Wildman–Crippen LogP) is 6.76. The average molecular weight is 472 g/mol. The van der Waals surface area contributed by atoms with Gasteiger partial charge in [-0.3, -0.25) is 4.79 Å². The number of carbonyl (C=O) groups is 1. The van der Waals surface area contributed by atoms with Crippen LogP contribution >= 0.6 is 34.8 Å². The van der Waals surface area contributed by atoms with Gasteiger partial charge < -0.3 is 5.32 Å². The standard InChI is InChI=1S/C23H17Cl3N4O/c1-13-5-3-7-15(11-13)22-28-21(23(31)27-20-14(2)6-4-8-18(20)25)29-30(22)16-9-10-17(24)19(26)12-16/h3-12H,1-2H3,(H,27,31). The third-order valence-electron chi connectivity index (χ3n) is 4.69. The van der Waals surface area contributed by atoms with Gasteiger partial charge in [0.1, 0.15) is 0 Å². The van der Waals surface area contributed by atoms with E-state index in [9.17, 15) is 4.79 Å². The number of aryl methyl sites for hydroxylation is 2. The maximum atomic E-state index is 13.0. The first-order valence-electron chi connectivity index (χ1n) is 9.39. The fourth-order valence-electron chi connectivity index (χ4n) is 3.14. The number of nitrogens with one attached hydrogen (secondary N) is 1. The largest absolute Gasteiger partial charge is 0.318 e. The molecule has 8 heteroatoms. The van der Waals surface area contributed by atoms with E-state index in [1.807, 2.05) is 50.2 Å². The highest BCUT2D eigenvalue weighted by Gasteiger charge is 2.20. The zero-order chi connectivity index (χ0) is 22.1. The molecular formula is C23H17Cl3N4O. The highest BCUT2D eigenvalue weighted by atomic mass is 35.5. The molecule has 0 fully saturated rings. The van der Waals surface area contributed by atoms with Gasteiger partial charge in [0.2, 0.25) is 5.82 Å². The van der Waals surface area contributed by atoms with E-state index in [1.165, 1.54) is 0 Å². The Morgan fingerprint density at radius 3 is 2.39 bits per heavy atom. The Bertz CT molecular complexity index is 1280. The van der Waals surface area contributed by atoms with Crippen molar-refractivity contribution >= 4 is 46.4 Å². The molecule has 3 aromatic carbocycles. The zero-order valence-electron chi connectivity index (χ0n) is 16.7. The van der Waals surface area contributed by atoms with E-state index >= 15 is 0 Å². The van der Waals surface area contributed by atoms with Gasteiger partial charge in [0.15, 0.2) is 5.82 Å². The van der Waals surface area contributed by atoms with Crippen LogP contribution in [0, 0.1) is 13.8 Å². The van der Waals surface area contributed by atoms with Crippen LogP contribution in [0.4, 0.5) is 5.69 Å². The number of hydrogen-bond acceptors (Lipinski definition) is 3. The second-order valence-corrected chi connectivity index (χ2v) is 8.25. The summed E-state index contributed by atoms with van der Waals surface area (Å²) in [4.78, 5) is 17.5. The summed E-state index contributed by atoms with van der Waals surface area (Å²) in [5.74, 6) is 0.0360. The van der Waals surface area contributed by atoms with Crippen molar-refractivity contribution in [3.05, 3.63) is 92.7 Å². The van der Waals surface area contributed by atoms with E-state index in [1.54, 1.807) is 28.9 Å². The summed E-state index contributed by atoms with van der Waals surface area (Å²) in [6, 6.07) is 18.3. The molecule has 0 atom stereocenters. The van der Waals surface area contributed by atoms with Crippen LogP contribution in [-0.2, 0) is 0 Å². The van der Waals surface area contributed by atoms with Crippen molar-refractivity contribution in [3.63, 3.8) is 0 Å². The van der Waals surface area contributed by atoms with E-state index < -0.39 is 5.91 Å². The van der Waals surface area contributed by atoms with Crippen LogP contribution in [-0.4, -0.2) is 20.7 Å². The van der Waals surface area contributed by atoms with Crippen molar-refractivity contribution in [1.82, 2.24) is 14.8 Å². The molecule has 5 nitrogen and oxygen atoms in total. The number of nitrogens with zero attached hydrogens (tertiary/aromatic N) is 3. The van der Waals surface area contributed by atoms with Crippen molar-refractivity contribution in [1.29, 1.82) is 0 Å². The molecule has 0 radical (unpaired) electrons. The molecule has 0 saturated carbocycles. The monoisotopic (exact) mass is 470 g/mol. The van der Waals surface area contributed by atoms with E-state index in [4.69, 9.17) is 34.8 Å². The van der Waals surface area contributed by atoms with Crippen molar-refractivity contribution in [2.75, 3.05) is 5.32 Å². The highest BCUT2D eigenvalue weighted by Crippen LogP contribution is 2.29. The summed E-state index contributed by atoms with van der Waals surface area (Å²) in [7, 11) is 0. The smallest absolute Gasteiger partial charge is 0.295 e. The van der Waals surface area contributed by atoms with Crippen LogP contribution in [0.1, 0.15) is 21.7 Å². The minimum absolute atomic E-state index is 0.00176. The van der Waals surface area contributed by atoms with E-state index in [0.29, 0.717) is 32.3 Å². The fraction of sp³-hybridized carbons (Fsp3) is 0.0870. The van der Waals surface area contributed by atoms with Gasteiger partial charge in [0, 0.05) is 5.56 Å². The van der Waals surface area contributed by atoms with E-state index in [0.717, 1.165) is 16.7 Å². The van der Waals surface area contributed by atoms with E-state index in [-0.39, 0.29) is 5.82 Å². The zero-order valence-corrected chi connectivity index (χ0v) is 18.9. The molecule has 156 valence electrons. The third-order valence-corrected chi connectivity index (χ3v) is 5.75. The lowest BCUT2D eigenvalue weighted by Crippen LogP contribution is -2.15. The molecule has 1 N–H and O–H groups in total. The van der Waals surface area contributed by atoms with Crippen LogP contribution < -0.4 is 5.32 Å². The van der Waals surface area contributed by atoms with Gasteiger partial charge in [-0.25, -0.2) is 9.67 Å². The van der Waals surface area contributed by atoms with Gasteiger partial charge in [0.05, 0.1) is 26.4 Å². The van der Waals surface area contributed by atoms with Gasteiger partial charge in [-0.05, 0) is 49.7 Å². The molecule has 1 amide bonds. The number of amides is 1. The van der Waals surface area contributed by atoms with Crippen LogP contribution in [0.2, 0.25) is 15.1 Å². The van der Waals surface area contributed by atoms with Gasteiger partial charge in [-0.1, -0.05) is 70.7 Å². The molecule has 0 aliphatic rings. The summed E-state index contributed by atoms with van der Waals surface area (Å²) in [6.45, 7) is 3.85. The van der Waals surface area contributed by atoms with Crippen molar-refractivity contribution in [2.45, 2.75) is 13.8 Å². The molecule has 4 rings (SSSR count). The SMILES string of the molecule is Cc1cccc(-c2nc(C(=O)Nc3c(C)cccc3Cl)nn2-c2ccc(Cl)c(Cl)c2)c1. The number of benzene rings is 3. The Hall–Kier alpha value is -2.86. The lowest BCUT2D eigenvalue weighted by atomic mass is 10.1. The van der Waals surface area contributed by atoms with Gasteiger partial charge in [-0.2, -0.15) is 0 Å². The lowest BCUT2D eigenvalue weighted by molar-refractivity contribution is 0.101. The predicted molar refractivity (Wildman–Crippen MR) is 126 cm³/mol. The maximum absolute atomic E-state index is 13.0. The number of rotatable bonds is 4. The molecule has 31 heavy (non-hydrogen) atoms. The average Bonchev–Trinajstić information content (AvgIpc) is 3.18. The second-order valence-electron chi connectivity index (χ2n) is 7.02. The lowest BCUT2D eigenvalue weighted by Gasteiger charge is -2.08. The van der Waals surface area contributed by atoms with Crippen LogP contribution in [0.15, 0.2) is 60.7 Å². The number of anilines is 1. The fourth-order valence-corrected chi connectivity index (χ4v) is 3.70. The molecule has 0 spiro atoms. The normalized spacial score (nSPS) is 10.9. The molecule has 1 heterocycles. The summed E-state index contributed by atoms with van der Waals surface area (Å²) in [5, 5.41) is 8.52. The molecule has 1 aromatic heterocycles.